The van der Waals surface area contributed by atoms with Crippen molar-refractivity contribution in [3.05, 3.63) is 45.7 Å². The molecular weight excluding hydrogens is 427 g/mol. The molecule has 3 rings (SSSR count). The molecule has 1 saturated heterocycles. The lowest BCUT2D eigenvalue weighted by Crippen LogP contribution is -2.40. The summed E-state index contributed by atoms with van der Waals surface area (Å²) in [7, 11) is -3.87. The van der Waals surface area contributed by atoms with E-state index in [-0.39, 0.29) is 40.1 Å². The van der Waals surface area contributed by atoms with Gasteiger partial charge in [0.25, 0.3) is 5.91 Å². The summed E-state index contributed by atoms with van der Waals surface area (Å²) in [6.45, 7) is 3.94. The molecular formula is C17H20Cl2N4O4S. The molecule has 1 fully saturated rings. The molecule has 0 atom stereocenters. The number of morpholine rings is 1. The van der Waals surface area contributed by atoms with Crippen LogP contribution in [0.4, 0.5) is 0 Å². The Morgan fingerprint density at radius 1 is 1.25 bits per heavy atom. The third-order valence-electron chi connectivity index (χ3n) is 4.30. The van der Waals surface area contributed by atoms with Gasteiger partial charge in [-0.3, -0.25) is 9.48 Å². The Hall–Kier alpha value is -1.65. The van der Waals surface area contributed by atoms with Crippen LogP contribution in [-0.2, 0) is 27.8 Å². The van der Waals surface area contributed by atoms with Gasteiger partial charge in [0.15, 0.2) is 0 Å². The van der Waals surface area contributed by atoms with Crippen LogP contribution in [0.15, 0.2) is 29.3 Å². The smallest absolute Gasteiger partial charge is 0.253 e. The monoisotopic (exact) mass is 446 g/mol. The summed E-state index contributed by atoms with van der Waals surface area (Å²) in [4.78, 5) is 12.4. The van der Waals surface area contributed by atoms with Crippen LogP contribution < -0.4 is 5.32 Å². The molecule has 11 heteroatoms. The Kier molecular flexibility index (Phi) is 6.61. The first-order valence-electron chi connectivity index (χ1n) is 8.70. The molecule has 0 radical (unpaired) electrons. The van der Waals surface area contributed by atoms with Crippen LogP contribution in [0.5, 0.6) is 0 Å². The number of carbonyl (C=O) groups is 1. The number of rotatable bonds is 6. The van der Waals surface area contributed by atoms with E-state index in [4.69, 9.17) is 27.9 Å². The fourth-order valence-electron chi connectivity index (χ4n) is 2.77. The normalized spacial score (nSPS) is 15.5. The van der Waals surface area contributed by atoms with Crippen LogP contribution in [0.3, 0.4) is 0 Å². The van der Waals surface area contributed by atoms with Crippen molar-refractivity contribution in [2.75, 3.05) is 26.3 Å². The summed E-state index contributed by atoms with van der Waals surface area (Å²) in [5.74, 6) is -0.508. The zero-order valence-electron chi connectivity index (χ0n) is 15.2. The number of nitrogens with one attached hydrogen (secondary N) is 1. The number of hydrogen-bond donors (Lipinski definition) is 1. The highest BCUT2D eigenvalue weighted by molar-refractivity contribution is 7.89. The number of halogens is 2. The standard InChI is InChI=1S/C17H20Cl2N4O4S/c1-2-22-4-3-12(21-22)11-20-17(24)13-9-16(15(19)10-14(13)18)28(25,26)23-5-7-27-8-6-23/h3-4,9-10H,2,5-8,11H2,1H3,(H,20,24). The zero-order valence-corrected chi connectivity index (χ0v) is 17.5. The summed E-state index contributed by atoms with van der Waals surface area (Å²) in [5, 5.41) is 7.02. The van der Waals surface area contributed by atoms with Crippen LogP contribution in [0, 0.1) is 0 Å². The molecule has 1 amide bonds. The van der Waals surface area contributed by atoms with Crippen LogP contribution in [0.25, 0.3) is 0 Å². The summed E-state index contributed by atoms with van der Waals surface area (Å²) < 4.78 is 34.0. The van der Waals surface area contributed by atoms with E-state index in [1.807, 2.05) is 13.1 Å². The molecule has 28 heavy (non-hydrogen) atoms. The van der Waals surface area contributed by atoms with Gasteiger partial charge in [-0.25, -0.2) is 8.42 Å². The van der Waals surface area contributed by atoms with Crippen LogP contribution in [0.2, 0.25) is 10.0 Å². The van der Waals surface area contributed by atoms with Crippen molar-refractivity contribution in [1.82, 2.24) is 19.4 Å². The molecule has 1 aromatic heterocycles. The van der Waals surface area contributed by atoms with Gasteiger partial charge in [-0.1, -0.05) is 23.2 Å². The maximum atomic E-state index is 12.9. The third kappa shape index (κ3) is 4.49. The van der Waals surface area contributed by atoms with Gasteiger partial charge in [0, 0.05) is 25.8 Å². The van der Waals surface area contributed by atoms with Gasteiger partial charge in [-0.15, -0.1) is 0 Å². The quantitative estimate of drug-likeness (QED) is 0.733. The van der Waals surface area contributed by atoms with E-state index in [0.29, 0.717) is 18.9 Å². The van der Waals surface area contributed by atoms with Gasteiger partial charge in [-0.05, 0) is 25.1 Å². The van der Waals surface area contributed by atoms with E-state index < -0.39 is 15.9 Å². The fourth-order valence-corrected chi connectivity index (χ4v) is 5.01. The first-order valence-corrected chi connectivity index (χ1v) is 10.9. The predicted molar refractivity (Wildman–Crippen MR) is 105 cm³/mol. The molecule has 8 nitrogen and oxygen atoms in total. The molecule has 1 aliphatic heterocycles. The molecule has 1 aliphatic rings. The van der Waals surface area contributed by atoms with Crippen molar-refractivity contribution in [2.45, 2.75) is 24.9 Å². The number of sulfonamides is 1. The largest absolute Gasteiger partial charge is 0.379 e. The first-order chi connectivity index (χ1) is 13.3. The first kappa shape index (κ1) is 21.1. The summed E-state index contributed by atoms with van der Waals surface area (Å²) in [6.07, 6.45) is 1.81. The highest BCUT2D eigenvalue weighted by Crippen LogP contribution is 2.31. The third-order valence-corrected chi connectivity index (χ3v) is 6.98. The fraction of sp³-hybridized carbons (Fsp3) is 0.412. The molecule has 2 aromatic rings. The molecule has 0 spiro atoms. The van der Waals surface area contributed by atoms with E-state index in [2.05, 4.69) is 10.4 Å². The topological polar surface area (TPSA) is 93.5 Å². The number of carbonyl (C=O) groups excluding carboxylic acids is 1. The molecule has 0 aliphatic carbocycles. The summed E-state index contributed by atoms with van der Waals surface area (Å²) >= 11 is 12.3. The second-order valence-corrected chi connectivity index (χ2v) is 8.85. The van der Waals surface area contributed by atoms with Gasteiger partial charge >= 0.3 is 0 Å². The van der Waals surface area contributed by atoms with Crippen molar-refractivity contribution in [1.29, 1.82) is 0 Å². The molecule has 0 bridgehead atoms. The molecule has 152 valence electrons. The van der Waals surface area contributed by atoms with Crippen molar-refractivity contribution < 1.29 is 17.9 Å². The number of nitrogens with zero attached hydrogens (tertiary/aromatic N) is 3. The Morgan fingerprint density at radius 2 is 1.96 bits per heavy atom. The lowest BCUT2D eigenvalue weighted by atomic mass is 10.2. The number of aryl methyl sites for hydroxylation is 1. The number of benzene rings is 1. The minimum atomic E-state index is -3.87. The number of amides is 1. The van der Waals surface area contributed by atoms with E-state index in [1.54, 1.807) is 10.7 Å². The average molecular weight is 447 g/mol. The highest BCUT2D eigenvalue weighted by atomic mass is 35.5. The number of ether oxygens (including phenoxy) is 1. The number of hydrogen-bond acceptors (Lipinski definition) is 5. The van der Waals surface area contributed by atoms with Crippen LogP contribution in [-0.4, -0.2) is 54.7 Å². The lowest BCUT2D eigenvalue weighted by Gasteiger charge is -2.26. The second kappa shape index (κ2) is 8.79. The van der Waals surface area contributed by atoms with Crippen LogP contribution >= 0.6 is 23.2 Å². The second-order valence-electron chi connectivity index (χ2n) is 6.12. The van der Waals surface area contributed by atoms with Gasteiger partial charge in [-0.2, -0.15) is 9.40 Å². The molecule has 2 heterocycles. The van der Waals surface area contributed by atoms with Gasteiger partial charge < -0.3 is 10.1 Å². The lowest BCUT2D eigenvalue weighted by molar-refractivity contribution is 0.0730. The minimum Gasteiger partial charge on any atom is -0.379 e. The van der Waals surface area contributed by atoms with Crippen molar-refractivity contribution in [2.24, 2.45) is 0 Å². The predicted octanol–water partition coefficient (Wildman–Crippen LogP) is 2.16. The van der Waals surface area contributed by atoms with E-state index >= 15 is 0 Å². The summed E-state index contributed by atoms with van der Waals surface area (Å²) in [5.41, 5.74) is 0.717. The zero-order chi connectivity index (χ0) is 20.3. The SMILES string of the molecule is CCn1ccc(CNC(=O)c2cc(S(=O)(=O)N3CCOCC3)c(Cl)cc2Cl)n1. The highest BCUT2D eigenvalue weighted by Gasteiger charge is 2.30. The molecule has 0 saturated carbocycles. The van der Waals surface area contributed by atoms with Crippen LogP contribution in [0.1, 0.15) is 23.0 Å². The van der Waals surface area contributed by atoms with E-state index in [0.717, 1.165) is 6.54 Å². The van der Waals surface area contributed by atoms with Gasteiger partial charge in [0.1, 0.15) is 4.90 Å². The Balaban J connectivity index is 1.83. The Morgan fingerprint density at radius 3 is 2.61 bits per heavy atom. The molecule has 0 unspecified atom stereocenters. The number of aromatic nitrogens is 2. The van der Waals surface area contributed by atoms with Crippen molar-refractivity contribution in [3.63, 3.8) is 0 Å². The van der Waals surface area contributed by atoms with Crippen molar-refractivity contribution >= 4 is 39.1 Å². The maximum absolute atomic E-state index is 12.9. The maximum Gasteiger partial charge on any atom is 0.253 e. The summed E-state index contributed by atoms with van der Waals surface area (Å²) in [6, 6.07) is 4.29. The van der Waals surface area contributed by atoms with Gasteiger partial charge in [0.2, 0.25) is 10.0 Å². The molecule has 1 N–H and O–H groups in total. The van der Waals surface area contributed by atoms with Gasteiger partial charge in [0.05, 0.1) is 41.1 Å². The Bertz CT molecular complexity index is 972. The minimum absolute atomic E-state index is 0.0327. The molecule has 1 aromatic carbocycles. The van der Waals surface area contributed by atoms with Crippen molar-refractivity contribution in [3.8, 4) is 0 Å². The average Bonchev–Trinajstić information content (AvgIpc) is 3.15. The van der Waals surface area contributed by atoms with E-state index in [1.165, 1.54) is 16.4 Å². The van der Waals surface area contributed by atoms with E-state index in [9.17, 15) is 13.2 Å². The Labute approximate surface area is 173 Å².